The number of hydrogen-bond donors (Lipinski definition) is 1. The summed E-state index contributed by atoms with van der Waals surface area (Å²) in [6.07, 6.45) is 0. The van der Waals surface area contributed by atoms with Crippen molar-refractivity contribution in [1.82, 2.24) is 10.2 Å². The highest BCUT2D eigenvalue weighted by atomic mass is 79.9. The van der Waals surface area contributed by atoms with Gasteiger partial charge >= 0.3 is 0 Å². The number of nitrogens with one attached hydrogen (secondary N) is 1. The van der Waals surface area contributed by atoms with Gasteiger partial charge in [0.05, 0.1) is 11.8 Å². The maximum absolute atomic E-state index is 12.4. The highest BCUT2D eigenvalue weighted by Gasteiger charge is 2.15. The van der Waals surface area contributed by atoms with E-state index in [4.69, 9.17) is 0 Å². The normalized spacial score (nSPS) is 12.2. The van der Waals surface area contributed by atoms with E-state index in [0.717, 1.165) is 21.5 Å². The standard InChI is InChI=1S/C19H23BrN2OS/c1-14-11-16(20)9-10-18(14)24-13-19(23)21-17(12-22(2)3)15-7-5-4-6-8-15/h4-11,17H,12-13H2,1-3H3,(H,21,23)/t17-/m1/s1. The number of aryl methyl sites for hydroxylation is 1. The summed E-state index contributed by atoms with van der Waals surface area (Å²) in [5, 5.41) is 3.16. The fraction of sp³-hybridized carbons (Fsp3) is 0.316. The molecule has 0 aliphatic rings. The van der Waals surface area contributed by atoms with Crippen molar-refractivity contribution < 1.29 is 4.79 Å². The van der Waals surface area contributed by atoms with Gasteiger partial charge < -0.3 is 10.2 Å². The lowest BCUT2D eigenvalue weighted by Crippen LogP contribution is -2.36. The number of likely N-dealkylation sites (N-methyl/N-ethyl adjacent to an activating group) is 1. The van der Waals surface area contributed by atoms with Crippen molar-refractivity contribution in [3.8, 4) is 0 Å². The number of thioether (sulfide) groups is 1. The van der Waals surface area contributed by atoms with Gasteiger partial charge in [0.15, 0.2) is 0 Å². The van der Waals surface area contributed by atoms with Gasteiger partial charge in [-0.3, -0.25) is 4.79 Å². The van der Waals surface area contributed by atoms with Crippen LogP contribution in [0.3, 0.4) is 0 Å². The molecule has 0 fully saturated rings. The molecule has 3 nitrogen and oxygen atoms in total. The van der Waals surface area contributed by atoms with E-state index < -0.39 is 0 Å². The fourth-order valence-corrected chi connectivity index (χ4v) is 3.74. The van der Waals surface area contributed by atoms with Crippen molar-refractivity contribution in [1.29, 1.82) is 0 Å². The number of carbonyl (C=O) groups is 1. The van der Waals surface area contributed by atoms with E-state index in [1.807, 2.05) is 44.4 Å². The quantitative estimate of drug-likeness (QED) is 0.696. The molecule has 1 amide bonds. The summed E-state index contributed by atoms with van der Waals surface area (Å²) in [4.78, 5) is 15.6. The van der Waals surface area contributed by atoms with E-state index in [-0.39, 0.29) is 11.9 Å². The molecule has 0 spiro atoms. The summed E-state index contributed by atoms with van der Waals surface area (Å²) in [6, 6.07) is 16.2. The smallest absolute Gasteiger partial charge is 0.230 e. The van der Waals surface area contributed by atoms with Crippen LogP contribution in [0.15, 0.2) is 57.9 Å². The lowest BCUT2D eigenvalue weighted by atomic mass is 10.1. The first kappa shape index (κ1) is 19.0. The second-order valence-corrected chi connectivity index (χ2v) is 7.92. The van der Waals surface area contributed by atoms with E-state index in [0.29, 0.717) is 5.75 Å². The van der Waals surface area contributed by atoms with E-state index in [2.05, 4.69) is 51.3 Å². The third kappa shape index (κ3) is 5.96. The highest BCUT2D eigenvalue weighted by Crippen LogP contribution is 2.25. The van der Waals surface area contributed by atoms with Crippen molar-refractivity contribution in [2.24, 2.45) is 0 Å². The zero-order valence-electron chi connectivity index (χ0n) is 14.3. The molecule has 0 radical (unpaired) electrons. The molecular weight excluding hydrogens is 384 g/mol. The van der Waals surface area contributed by atoms with Gasteiger partial charge in [-0.05, 0) is 50.3 Å². The molecule has 0 bridgehead atoms. The molecule has 0 aliphatic heterocycles. The number of amides is 1. The van der Waals surface area contributed by atoms with E-state index in [1.54, 1.807) is 11.8 Å². The van der Waals surface area contributed by atoms with Gasteiger partial charge in [-0.2, -0.15) is 0 Å². The number of hydrogen-bond acceptors (Lipinski definition) is 3. The Morgan fingerprint density at radius 2 is 1.92 bits per heavy atom. The first-order chi connectivity index (χ1) is 11.5. The van der Waals surface area contributed by atoms with Crippen LogP contribution in [0.2, 0.25) is 0 Å². The Bertz CT molecular complexity index is 676. The third-order valence-electron chi connectivity index (χ3n) is 3.58. The largest absolute Gasteiger partial charge is 0.347 e. The van der Waals surface area contributed by atoms with Crippen LogP contribution in [0, 0.1) is 6.92 Å². The van der Waals surface area contributed by atoms with Crippen LogP contribution in [0.4, 0.5) is 0 Å². The Morgan fingerprint density at radius 3 is 2.54 bits per heavy atom. The van der Waals surface area contributed by atoms with Gasteiger partial charge in [-0.1, -0.05) is 46.3 Å². The Balaban J connectivity index is 1.97. The van der Waals surface area contributed by atoms with Gasteiger partial charge in [0, 0.05) is 15.9 Å². The Morgan fingerprint density at radius 1 is 1.21 bits per heavy atom. The zero-order valence-corrected chi connectivity index (χ0v) is 16.7. The SMILES string of the molecule is Cc1cc(Br)ccc1SCC(=O)N[C@H](CN(C)C)c1ccccc1. The van der Waals surface area contributed by atoms with Crippen molar-refractivity contribution in [2.75, 3.05) is 26.4 Å². The Kier molecular flexibility index (Phi) is 7.34. The summed E-state index contributed by atoms with van der Waals surface area (Å²) in [6.45, 7) is 2.83. The fourth-order valence-electron chi connectivity index (χ4n) is 2.44. The zero-order chi connectivity index (χ0) is 17.5. The average Bonchev–Trinajstić information content (AvgIpc) is 2.54. The topological polar surface area (TPSA) is 32.3 Å². The molecule has 0 heterocycles. The van der Waals surface area contributed by atoms with Crippen molar-refractivity contribution in [2.45, 2.75) is 17.9 Å². The monoisotopic (exact) mass is 406 g/mol. The molecule has 2 aromatic carbocycles. The predicted octanol–water partition coefficient (Wildman–Crippen LogP) is 4.27. The first-order valence-corrected chi connectivity index (χ1v) is 9.61. The molecule has 24 heavy (non-hydrogen) atoms. The molecule has 1 atom stereocenters. The van der Waals surface area contributed by atoms with Crippen molar-refractivity contribution in [3.63, 3.8) is 0 Å². The van der Waals surface area contributed by atoms with E-state index in [1.165, 1.54) is 5.56 Å². The summed E-state index contributed by atoms with van der Waals surface area (Å²) in [7, 11) is 4.03. The number of rotatable bonds is 7. The van der Waals surface area contributed by atoms with E-state index >= 15 is 0 Å². The molecule has 1 N–H and O–H groups in total. The predicted molar refractivity (Wildman–Crippen MR) is 105 cm³/mol. The molecular formula is C19H23BrN2OS. The van der Waals surface area contributed by atoms with Crippen molar-refractivity contribution in [3.05, 3.63) is 64.1 Å². The highest BCUT2D eigenvalue weighted by molar-refractivity contribution is 9.10. The number of carbonyl (C=O) groups excluding carboxylic acids is 1. The van der Waals surface area contributed by atoms with Gasteiger partial charge in [0.1, 0.15) is 0 Å². The van der Waals surface area contributed by atoms with Crippen LogP contribution in [0.25, 0.3) is 0 Å². The van der Waals surface area contributed by atoms with Crippen LogP contribution in [0.5, 0.6) is 0 Å². The molecule has 0 saturated heterocycles. The van der Waals surface area contributed by atoms with Crippen molar-refractivity contribution >= 4 is 33.6 Å². The molecule has 2 rings (SSSR count). The number of nitrogens with zero attached hydrogens (tertiary/aromatic N) is 1. The maximum Gasteiger partial charge on any atom is 0.230 e. The minimum Gasteiger partial charge on any atom is -0.347 e. The van der Waals surface area contributed by atoms with Gasteiger partial charge in [-0.25, -0.2) is 0 Å². The molecule has 0 unspecified atom stereocenters. The van der Waals surface area contributed by atoms with Gasteiger partial charge in [-0.15, -0.1) is 11.8 Å². The summed E-state index contributed by atoms with van der Waals surface area (Å²) in [5.41, 5.74) is 2.31. The molecule has 0 saturated carbocycles. The maximum atomic E-state index is 12.4. The first-order valence-electron chi connectivity index (χ1n) is 7.83. The average molecular weight is 407 g/mol. The minimum atomic E-state index is 0.000291. The van der Waals surface area contributed by atoms with E-state index in [9.17, 15) is 4.79 Å². The summed E-state index contributed by atoms with van der Waals surface area (Å²) < 4.78 is 1.06. The Hall–Kier alpha value is -1.30. The second kappa shape index (κ2) is 9.25. The molecule has 0 aliphatic carbocycles. The van der Waals surface area contributed by atoms with Crippen LogP contribution in [0.1, 0.15) is 17.2 Å². The third-order valence-corrected chi connectivity index (χ3v) is 5.25. The minimum absolute atomic E-state index is 0.000291. The van der Waals surface area contributed by atoms with Crippen LogP contribution in [-0.2, 0) is 4.79 Å². The summed E-state index contributed by atoms with van der Waals surface area (Å²) in [5.74, 6) is 0.470. The number of halogens is 1. The Labute approximate surface area is 157 Å². The molecule has 2 aromatic rings. The lowest BCUT2D eigenvalue weighted by Gasteiger charge is -2.23. The number of benzene rings is 2. The van der Waals surface area contributed by atoms with Crippen LogP contribution < -0.4 is 5.32 Å². The summed E-state index contributed by atoms with van der Waals surface area (Å²) >= 11 is 5.04. The molecule has 5 heteroatoms. The van der Waals surface area contributed by atoms with Crippen LogP contribution >= 0.6 is 27.7 Å². The van der Waals surface area contributed by atoms with Crippen LogP contribution in [-0.4, -0.2) is 37.2 Å². The van der Waals surface area contributed by atoms with Gasteiger partial charge in [0.2, 0.25) is 5.91 Å². The van der Waals surface area contributed by atoms with Gasteiger partial charge in [0.25, 0.3) is 0 Å². The second-order valence-electron chi connectivity index (χ2n) is 5.99. The molecule has 0 aromatic heterocycles. The lowest BCUT2D eigenvalue weighted by molar-refractivity contribution is -0.119. The molecule has 128 valence electrons.